The van der Waals surface area contributed by atoms with Gasteiger partial charge in [-0.3, -0.25) is 9.63 Å². The first-order valence-corrected chi connectivity index (χ1v) is 5.43. The Morgan fingerprint density at radius 3 is 2.80 bits per heavy atom. The van der Waals surface area contributed by atoms with Gasteiger partial charge >= 0.3 is 0 Å². The van der Waals surface area contributed by atoms with Gasteiger partial charge in [0.1, 0.15) is 10.7 Å². The molecule has 3 N–H and O–H groups in total. The highest BCUT2D eigenvalue weighted by Gasteiger charge is 2.15. The quantitative estimate of drug-likeness (QED) is 0.760. The number of hydrogen-bond acceptors (Lipinski definition) is 5. The van der Waals surface area contributed by atoms with Gasteiger partial charge in [-0.15, -0.1) is 11.3 Å². The van der Waals surface area contributed by atoms with Crippen molar-refractivity contribution in [3.05, 3.63) is 16.1 Å². The van der Waals surface area contributed by atoms with Gasteiger partial charge in [-0.2, -0.15) is 0 Å². The van der Waals surface area contributed by atoms with Gasteiger partial charge in [0.2, 0.25) is 0 Å². The van der Waals surface area contributed by atoms with Crippen molar-refractivity contribution in [1.29, 1.82) is 0 Å². The first-order valence-electron chi connectivity index (χ1n) is 4.55. The Labute approximate surface area is 92.6 Å². The molecule has 15 heavy (non-hydrogen) atoms. The van der Waals surface area contributed by atoms with Gasteiger partial charge < -0.3 is 5.73 Å². The SMILES string of the molecule is CC(C)(C)ONC(=O)c1csc(CN)n1. The lowest BCUT2D eigenvalue weighted by Gasteiger charge is -2.18. The molecule has 1 heterocycles. The van der Waals surface area contributed by atoms with E-state index in [9.17, 15) is 4.79 Å². The van der Waals surface area contributed by atoms with Crippen LogP contribution in [0.2, 0.25) is 0 Å². The molecular formula is C9H15N3O2S. The highest BCUT2D eigenvalue weighted by atomic mass is 32.1. The summed E-state index contributed by atoms with van der Waals surface area (Å²) in [6, 6.07) is 0. The summed E-state index contributed by atoms with van der Waals surface area (Å²) < 4.78 is 0. The molecule has 0 aliphatic rings. The predicted molar refractivity (Wildman–Crippen MR) is 58.3 cm³/mol. The number of hydrogen-bond donors (Lipinski definition) is 2. The molecule has 1 aromatic rings. The summed E-state index contributed by atoms with van der Waals surface area (Å²) in [5.74, 6) is -0.346. The number of hydroxylamine groups is 1. The third-order valence-electron chi connectivity index (χ3n) is 1.41. The number of nitrogens with two attached hydrogens (primary N) is 1. The summed E-state index contributed by atoms with van der Waals surface area (Å²) in [5, 5.41) is 2.39. The minimum Gasteiger partial charge on any atom is -0.325 e. The van der Waals surface area contributed by atoms with Crippen molar-refractivity contribution in [2.45, 2.75) is 32.9 Å². The average molecular weight is 229 g/mol. The van der Waals surface area contributed by atoms with E-state index in [1.807, 2.05) is 20.8 Å². The Hall–Kier alpha value is -0.980. The zero-order valence-corrected chi connectivity index (χ0v) is 9.85. The molecule has 0 spiro atoms. The van der Waals surface area contributed by atoms with Gasteiger partial charge in [0, 0.05) is 11.9 Å². The summed E-state index contributed by atoms with van der Waals surface area (Å²) in [7, 11) is 0. The maximum Gasteiger partial charge on any atom is 0.294 e. The van der Waals surface area contributed by atoms with E-state index in [-0.39, 0.29) is 5.91 Å². The van der Waals surface area contributed by atoms with Crippen LogP contribution < -0.4 is 11.2 Å². The fourth-order valence-corrected chi connectivity index (χ4v) is 1.42. The van der Waals surface area contributed by atoms with E-state index in [1.165, 1.54) is 11.3 Å². The van der Waals surface area contributed by atoms with E-state index in [4.69, 9.17) is 10.6 Å². The predicted octanol–water partition coefficient (Wildman–Crippen LogP) is 1.06. The van der Waals surface area contributed by atoms with Crippen molar-refractivity contribution >= 4 is 17.2 Å². The lowest BCUT2D eigenvalue weighted by atomic mass is 10.2. The Morgan fingerprint density at radius 2 is 2.33 bits per heavy atom. The van der Waals surface area contributed by atoms with E-state index in [2.05, 4.69) is 10.5 Å². The number of aromatic nitrogens is 1. The molecule has 6 heteroatoms. The highest BCUT2D eigenvalue weighted by molar-refractivity contribution is 7.09. The third-order valence-corrected chi connectivity index (χ3v) is 2.28. The van der Waals surface area contributed by atoms with Crippen LogP contribution in [0.25, 0.3) is 0 Å². The summed E-state index contributed by atoms with van der Waals surface area (Å²) in [6.45, 7) is 5.89. The van der Waals surface area contributed by atoms with Gasteiger partial charge in [-0.05, 0) is 20.8 Å². The monoisotopic (exact) mass is 229 g/mol. The van der Waals surface area contributed by atoms with E-state index < -0.39 is 5.60 Å². The van der Waals surface area contributed by atoms with Gasteiger partial charge in [0.15, 0.2) is 0 Å². The van der Waals surface area contributed by atoms with Gasteiger partial charge in [-0.25, -0.2) is 10.5 Å². The number of carbonyl (C=O) groups excluding carboxylic acids is 1. The molecule has 0 aromatic carbocycles. The maximum atomic E-state index is 11.5. The van der Waals surface area contributed by atoms with Crippen LogP contribution in [0.5, 0.6) is 0 Å². The molecule has 0 atom stereocenters. The minimum atomic E-state index is -0.414. The fourth-order valence-electron chi connectivity index (χ4n) is 0.761. The molecule has 0 saturated carbocycles. The van der Waals surface area contributed by atoms with E-state index in [1.54, 1.807) is 5.38 Å². The second kappa shape index (κ2) is 4.69. The van der Waals surface area contributed by atoms with Crippen LogP contribution in [0.1, 0.15) is 36.3 Å². The van der Waals surface area contributed by atoms with Crippen LogP contribution in [-0.4, -0.2) is 16.5 Å². The topological polar surface area (TPSA) is 77.2 Å². The second-order valence-corrected chi connectivity index (χ2v) is 4.92. The third kappa shape index (κ3) is 3.94. The van der Waals surface area contributed by atoms with Crippen molar-refractivity contribution in [3.8, 4) is 0 Å². The number of nitrogens with one attached hydrogen (secondary N) is 1. The molecule has 0 fully saturated rings. The van der Waals surface area contributed by atoms with E-state index in [0.29, 0.717) is 12.2 Å². The smallest absolute Gasteiger partial charge is 0.294 e. The Bertz CT molecular complexity index is 343. The van der Waals surface area contributed by atoms with E-state index >= 15 is 0 Å². The molecule has 1 rings (SSSR count). The average Bonchev–Trinajstić information content (AvgIpc) is 2.61. The second-order valence-electron chi connectivity index (χ2n) is 3.98. The molecular weight excluding hydrogens is 214 g/mol. The Morgan fingerprint density at radius 1 is 1.67 bits per heavy atom. The van der Waals surface area contributed by atoms with Crippen LogP contribution in [0, 0.1) is 0 Å². The van der Waals surface area contributed by atoms with Crippen LogP contribution in [-0.2, 0) is 11.4 Å². The number of nitrogens with zero attached hydrogens (tertiary/aromatic N) is 1. The van der Waals surface area contributed by atoms with Crippen molar-refractivity contribution < 1.29 is 9.63 Å². The Kier molecular flexibility index (Phi) is 3.78. The van der Waals surface area contributed by atoms with Gasteiger partial charge in [0.05, 0.1) is 5.60 Å². The van der Waals surface area contributed by atoms with Crippen LogP contribution in [0.15, 0.2) is 5.38 Å². The standard InChI is InChI=1S/C9H15N3O2S/c1-9(2,3)14-12-8(13)6-5-15-7(4-10)11-6/h5H,4,10H2,1-3H3,(H,12,13). The first kappa shape index (κ1) is 12.1. The van der Waals surface area contributed by atoms with E-state index in [0.717, 1.165) is 5.01 Å². The number of amides is 1. The summed E-state index contributed by atoms with van der Waals surface area (Å²) >= 11 is 1.36. The molecule has 0 aliphatic heterocycles. The molecule has 84 valence electrons. The molecule has 0 unspecified atom stereocenters. The van der Waals surface area contributed by atoms with Gasteiger partial charge in [-0.1, -0.05) is 0 Å². The zero-order valence-electron chi connectivity index (χ0n) is 9.03. The lowest BCUT2D eigenvalue weighted by molar-refractivity contribution is -0.0591. The van der Waals surface area contributed by atoms with Crippen molar-refractivity contribution in [2.75, 3.05) is 0 Å². The maximum absolute atomic E-state index is 11.5. The lowest BCUT2D eigenvalue weighted by Crippen LogP contribution is -2.33. The molecule has 0 radical (unpaired) electrons. The largest absolute Gasteiger partial charge is 0.325 e. The summed E-state index contributed by atoms with van der Waals surface area (Å²) in [4.78, 5) is 20.6. The molecule has 0 bridgehead atoms. The molecule has 0 saturated heterocycles. The van der Waals surface area contributed by atoms with Crippen LogP contribution in [0.3, 0.4) is 0 Å². The van der Waals surface area contributed by atoms with Crippen LogP contribution >= 0.6 is 11.3 Å². The highest BCUT2D eigenvalue weighted by Crippen LogP contribution is 2.09. The summed E-state index contributed by atoms with van der Waals surface area (Å²) in [6.07, 6.45) is 0. The normalized spacial score (nSPS) is 11.5. The van der Waals surface area contributed by atoms with Crippen molar-refractivity contribution in [1.82, 2.24) is 10.5 Å². The molecule has 5 nitrogen and oxygen atoms in total. The van der Waals surface area contributed by atoms with Crippen LogP contribution in [0.4, 0.5) is 0 Å². The van der Waals surface area contributed by atoms with Gasteiger partial charge in [0.25, 0.3) is 5.91 Å². The number of thiazole rings is 1. The molecule has 0 aliphatic carbocycles. The molecule has 1 amide bonds. The fraction of sp³-hybridized carbons (Fsp3) is 0.556. The van der Waals surface area contributed by atoms with Crippen molar-refractivity contribution in [2.24, 2.45) is 5.73 Å². The zero-order chi connectivity index (χ0) is 11.5. The summed E-state index contributed by atoms with van der Waals surface area (Å²) in [5.41, 5.74) is 7.66. The Balaban J connectivity index is 2.54. The van der Waals surface area contributed by atoms with Crippen molar-refractivity contribution in [3.63, 3.8) is 0 Å². The first-order chi connectivity index (χ1) is 6.92. The molecule has 1 aromatic heterocycles. The number of rotatable bonds is 3. The minimum absolute atomic E-state index is 0.338. The number of carbonyl (C=O) groups is 1.